The van der Waals surface area contributed by atoms with Crippen LogP contribution >= 0.6 is 0 Å². The molecule has 3 nitrogen and oxygen atoms in total. The van der Waals surface area contributed by atoms with Gasteiger partial charge in [-0.25, -0.2) is 8.78 Å². The second-order valence-electron chi connectivity index (χ2n) is 2.85. The van der Waals surface area contributed by atoms with Gasteiger partial charge < -0.3 is 5.32 Å². The van der Waals surface area contributed by atoms with E-state index in [2.05, 4.69) is 10.4 Å². The summed E-state index contributed by atoms with van der Waals surface area (Å²) >= 11 is 0. The van der Waals surface area contributed by atoms with Crippen molar-refractivity contribution in [3.05, 3.63) is 18.5 Å². The number of aromatic nitrogens is 2. The van der Waals surface area contributed by atoms with Crippen molar-refractivity contribution in [3.63, 3.8) is 0 Å². The summed E-state index contributed by atoms with van der Waals surface area (Å²) in [4.78, 5) is 0. The molecule has 0 amide bonds. The molecule has 1 heterocycles. The molecule has 1 N–H and O–H groups in total. The summed E-state index contributed by atoms with van der Waals surface area (Å²) in [5, 5.41) is 6.66. The SMILES string of the molecule is CC(NCCn1cccn1)C(F)F. The molecule has 0 spiro atoms. The minimum atomic E-state index is -2.31. The number of alkyl halides is 2. The lowest BCUT2D eigenvalue weighted by Crippen LogP contribution is -2.34. The molecule has 1 atom stereocenters. The van der Waals surface area contributed by atoms with Gasteiger partial charge in [0.05, 0.1) is 12.6 Å². The molecule has 0 saturated carbocycles. The Morgan fingerprint density at radius 1 is 1.54 bits per heavy atom. The van der Waals surface area contributed by atoms with Crippen LogP contribution in [0.3, 0.4) is 0 Å². The van der Waals surface area contributed by atoms with Gasteiger partial charge in [0.2, 0.25) is 0 Å². The first-order chi connectivity index (χ1) is 6.20. The quantitative estimate of drug-likeness (QED) is 0.752. The molecule has 0 aliphatic carbocycles. The molecule has 1 aromatic heterocycles. The molecular weight excluding hydrogens is 176 g/mol. The number of hydrogen-bond acceptors (Lipinski definition) is 2. The summed E-state index contributed by atoms with van der Waals surface area (Å²) in [5.41, 5.74) is 0. The van der Waals surface area contributed by atoms with E-state index in [-0.39, 0.29) is 0 Å². The maximum atomic E-state index is 12.0. The van der Waals surface area contributed by atoms with Crippen LogP contribution in [0.15, 0.2) is 18.5 Å². The zero-order chi connectivity index (χ0) is 9.68. The Kier molecular flexibility index (Phi) is 3.82. The van der Waals surface area contributed by atoms with E-state index >= 15 is 0 Å². The van der Waals surface area contributed by atoms with Crippen LogP contribution in [0.5, 0.6) is 0 Å². The fourth-order valence-corrected chi connectivity index (χ4v) is 0.929. The number of halogens is 2. The fraction of sp³-hybridized carbons (Fsp3) is 0.625. The lowest BCUT2D eigenvalue weighted by Gasteiger charge is -2.11. The molecule has 0 aliphatic rings. The molecule has 0 bridgehead atoms. The molecule has 0 fully saturated rings. The van der Waals surface area contributed by atoms with Crippen molar-refractivity contribution in [1.29, 1.82) is 0 Å². The Balaban J connectivity index is 2.14. The van der Waals surface area contributed by atoms with Gasteiger partial charge in [0.1, 0.15) is 0 Å². The van der Waals surface area contributed by atoms with Gasteiger partial charge in [-0.1, -0.05) is 0 Å². The lowest BCUT2D eigenvalue weighted by atomic mass is 10.3. The van der Waals surface area contributed by atoms with Gasteiger partial charge in [0, 0.05) is 18.9 Å². The fourth-order valence-electron chi connectivity index (χ4n) is 0.929. The van der Waals surface area contributed by atoms with Gasteiger partial charge >= 0.3 is 0 Å². The van der Waals surface area contributed by atoms with E-state index in [1.54, 1.807) is 23.1 Å². The third kappa shape index (κ3) is 3.50. The van der Waals surface area contributed by atoms with Gasteiger partial charge in [-0.05, 0) is 13.0 Å². The minimum absolute atomic E-state index is 0.507. The Morgan fingerprint density at radius 2 is 2.31 bits per heavy atom. The average Bonchev–Trinajstić information content (AvgIpc) is 2.56. The van der Waals surface area contributed by atoms with Crippen molar-refractivity contribution in [3.8, 4) is 0 Å². The van der Waals surface area contributed by atoms with Crippen LogP contribution in [0, 0.1) is 0 Å². The summed E-state index contributed by atoms with van der Waals surface area (Å²) in [6.45, 7) is 2.59. The summed E-state index contributed by atoms with van der Waals surface area (Å²) in [6, 6.07) is 1.05. The summed E-state index contributed by atoms with van der Waals surface area (Å²) in [5.74, 6) is 0. The first kappa shape index (κ1) is 10.1. The Bertz CT molecular complexity index is 223. The summed E-state index contributed by atoms with van der Waals surface area (Å²) in [7, 11) is 0. The zero-order valence-corrected chi connectivity index (χ0v) is 7.45. The second-order valence-corrected chi connectivity index (χ2v) is 2.85. The van der Waals surface area contributed by atoms with Crippen molar-refractivity contribution in [2.75, 3.05) is 6.54 Å². The van der Waals surface area contributed by atoms with Crippen molar-refractivity contribution in [1.82, 2.24) is 15.1 Å². The Hall–Kier alpha value is -0.970. The molecule has 1 unspecified atom stereocenters. The second kappa shape index (κ2) is 4.91. The molecule has 1 aromatic rings. The first-order valence-electron chi connectivity index (χ1n) is 4.19. The van der Waals surface area contributed by atoms with E-state index in [0.717, 1.165) is 0 Å². The molecular formula is C8H13F2N3. The van der Waals surface area contributed by atoms with Crippen molar-refractivity contribution >= 4 is 0 Å². The predicted octanol–water partition coefficient (Wildman–Crippen LogP) is 1.13. The van der Waals surface area contributed by atoms with Gasteiger partial charge in [-0.15, -0.1) is 0 Å². The number of rotatable bonds is 5. The van der Waals surface area contributed by atoms with Crippen molar-refractivity contribution in [2.24, 2.45) is 0 Å². The molecule has 0 aliphatic heterocycles. The maximum absolute atomic E-state index is 12.0. The average molecular weight is 189 g/mol. The van der Waals surface area contributed by atoms with Gasteiger partial charge in [0.25, 0.3) is 6.43 Å². The molecule has 1 rings (SSSR count). The maximum Gasteiger partial charge on any atom is 0.253 e. The highest BCUT2D eigenvalue weighted by Crippen LogP contribution is 1.98. The predicted molar refractivity (Wildman–Crippen MR) is 45.7 cm³/mol. The third-order valence-electron chi connectivity index (χ3n) is 1.74. The van der Waals surface area contributed by atoms with Crippen LogP contribution in [0.2, 0.25) is 0 Å². The standard InChI is InChI=1S/C8H13F2N3/c1-7(8(9)10)11-4-6-13-5-2-3-12-13/h2-3,5,7-8,11H,4,6H2,1H3. The topological polar surface area (TPSA) is 29.9 Å². The molecule has 0 radical (unpaired) electrons. The van der Waals surface area contributed by atoms with E-state index in [1.807, 2.05) is 0 Å². The van der Waals surface area contributed by atoms with Crippen molar-refractivity contribution < 1.29 is 8.78 Å². The van der Waals surface area contributed by atoms with Crippen LogP contribution in [-0.4, -0.2) is 28.8 Å². The number of hydrogen-bond donors (Lipinski definition) is 1. The highest BCUT2D eigenvalue weighted by Gasteiger charge is 2.12. The molecule has 0 saturated heterocycles. The van der Waals surface area contributed by atoms with Crippen LogP contribution < -0.4 is 5.32 Å². The highest BCUT2D eigenvalue weighted by atomic mass is 19.3. The van der Waals surface area contributed by atoms with E-state index in [0.29, 0.717) is 13.1 Å². The van der Waals surface area contributed by atoms with E-state index < -0.39 is 12.5 Å². The summed E-state index contributed by atoms with van der Waals surface area (Å²) in [6.07, 6.45) is 1.16. The summed E-state index contributed by atoms with van der Waals surface area (Å²) < 4.78 is 25.7. The number of nitrogens with one attached hydrogen (secondary N) is 1. The largest absolute Gasteiger partial charge is 0.307 e. The van der Waals surface area contributed by atoms with Crippen LogP contribution in [0.25, 0.3) is 0 Å². The molecule has 5 heteroatoms. The third-order valence-corrected chi connectivity index (χ3v) is 1.74. The monoisotopic (exact) mass is 189 g/mol. The minimum Gasteiger partial charge on any atom is -0.307 e. The first-order valence-corrected chi connectivity index (χ1v) is 4.19. The molecule has 0 aromatic carbocycles. The zero-order valence-electron chi connectivity index (χ0n) is 7.45. The van der Waals surface area contributed by atoms with E-state index in [1.165, 1.54) is 6.92 Å². The van der Waals surface area contributed by atoms with Crippen LogP contribution in [-0.2, 0) is 6.54 Å². The normalized spacial score (nSPS) is 13.5. The van der Waals surface area contributed by atoms with Gasteiger partial charge in [-0.3, -0.25) is 4.68 Å². The highest BCUT2D eigenvalue weighted by molar-refractivity contribution is 4.77. The van der Waals surface area contributed by atoms with Crippen LogP contribution in [0.4, 0.5) is 8.78 Å². The Labute approximate surface area is 75.7 Å². The molecule has 74 valence electrons. The van der Waals surface area contributed by atoms with Gasteiger partial charge in [0.15, 0.2) is 0 Å². The van der Waals surface area contributed by atoms with Crippen molar-refractivity contribution in [2.45, 2.75) is 25.9 Å². The van der Waals surface area contributed by atoms with Gasteiger partial charge in [-0.2, -0.15) is 5.10 Å². The Morgan fingerprint density at radius 3 is 2.85 bits per heavy atom. The van der Waals surface area contributed by atoms with E-state index in [9.17, 15) is 8.78 Å². The van der Waals surface area contributed by atoms with Crippen LogP contribution in [0.1, 0.15) is 6.92 Å². The van der Waals surface area contributed by atoms with E-state index in [4.69, 9.17) is 0 Å². The molecule has 13 heavy (non-hydrogen) atoms. The number of nitrogens with zero attached hydrogens (tertiary/aromatic N) is 2. The smallest absolute Gasteiger partial charge is 0.253 e. The lowest BCUT2D eigenvalue weighted by molar-refractivity contribution is 0.106.